The predicted octanol–water partition coefficient (Wildman–Crippen LogP) is 2.13. The van der Waals surface area contributed by atoms with Gasteiger partial charge in [0.05, 0.1) is 18.1 Å². The number of allylic oxidation sites excluding steroid dienone is 2. The molecule has 24 heavy (non-hydrogen) atoms. The third-order valence-corrected chi connectivity index (χ3v) is 6.48. The first-order valence-corrected chi connectivity index (χ1v) is 9.45. The molecule has 1 aromatic rings. The Bertz CT molecular complexity index is 675. The van der Waals surface area contributed by atoms with Crippen molar-refractivity contribution in [2.75, 3.05) is 13.1 Å². The van der Waals surface area contributed by atoms with E-state index in [0.717, 1.165) is 13.1 Å². The van der Waals surface area contributed by atoms with Crippen molar-refractivity contribution in [3.63, 3.8) is 0 Å². The molecule has 0 aromatic carbocycles. The molecule has 3 unspecified atom stereocenters. The van der Waals surface area contributed by atoms with Gasteiger partial charge in [-0.1, -0.05) is 6.08 Å². The van der Waals surface area contributed by atoms with Gasteiger partial charge in [0.15, 0.2) is 0 Å². The Morgan fingerprint density at radius 1 is 1.17 bits per heavy atom. The fraction of sp³-hybridized carbons (Fsp3) is 0.632. The highest BCUT2D eigenvalue weighted by molar-refractivity contribution is 5.25. The number of rotatable bonds is 1. The maximum absolute atomic E-state index is 4.78. The van der Waals surface area contributed by atoms with Crippen molar-refractivity contribution in [1.29, 1.82) is 0 Å². The summed E-state index contributed by atoms with van der Waals surface area (Å²) in [4.78, 5) is 7.61. The van der Waals surface area contributed by atoms with E-state index in [0.29, 0.717) is 30.2 Å². The summed E-state index contributed by atoms with van der Waals surface area (Å²) in [5.74, 6) is 1.30. The zero-order chi connectivity index (χ0) is 16.1. The van der Waals surface area contributed by atoms with Crippen molar-refractivity contribution in [1.82, 2.24) is 25.1 Å². The molecule has 5 atom stereocenters. The molecular weight excluding hydrogens is 298 g/mol. The van der Waals surface area contributed by atoms with Crippen molar-refractivity contribution >= 4 is 0 Å². The molecule has 0 bridgehead atoms. The second kappa shape index (κ2) is 5.74. The normalized spacial score (nSPS) is 38.5. The van der Waals surface area contributed by atoms with Crippen molar-refractivity contribution in [2.45, 2.75) is 62.8 Å². The average Bonchev–Trinajstić information content (AvgIpc) is 3.12. The third-order valence-electron chi connectivity index (χ3n) is 6.48. The molecule has 4 aliphatic heterocycles. The maximum Gasteiger partial charge on any atom is 0.126 e. The van der Waals surface area contributed by atoms with Gasteiger partial charge in [0.2, 0.25) is 0 Å². The standard InChI is InChI=1S/C19H27N5/c1-13-4-3-8-21-18(13)15-5-2-6-16-19-22-10-11-23(19)14-7-9-20-12-17(14)24(15)16/h3-4,8,10-11,14-18,20-21H,2,5-7,9,12H2,1H3/t14?,15-,16+,17?,18?/m0/s1. The van der Waals surface area contributed by atoms with Crippen LogP contribution in [0.4, 0.5) is 0 Å². The van der Waals surface area contributed by atoms with E-state index in [1.165, 1.54) is 37.1 Å². The van der Waals surface area contributed by atoms with Gasteiger partial charge in [0, 0.05) is 31.0 Å². The first kappa shape index (κ1) is 14.7. The lowest BCUT2D eigenvalue weighted by molar-refractivity contribution is -0.0321. The van der Waals surface area contributed by atoms with Crippen LogP contribution in [0, 0.1) is 0 Å². The number of dihydropyridines is 1. The first-order valence-electron chi connectivity index (χ1n) is 9.45. The van der Waals surface area contributed by atoms with Crippen LogP contribution in [0.3, 0.4) is 0 Å². The molecule has 0 amide bonds. The van der Waals surface area contributed by atoms with Crippen LogP contribution in [0.5, 0.6) is 0 Å². The van der Waals surface area contributed by atoms with Crippen LogP contribution in [0.25, 0.3) is 0 Å². The van der Waals surface area contributed by atoms with Gasteiger partial charge in [-0.05, 0) is 57.0 Å². The predicted molar refractivity (Wildman–Crippen MR) is 94.6 cm³/mol. The monoisotopic (exact) mass is 325 g/mol. The Hall–Kier alpha value is -1.59. The highest BCUT2D eigenvalue weighted by Gasteiger charge is 2.48. The Morgan fingerprint density at radius 3 is 3.04 bits per heavy atom. The quantitative estimate of drug-likeness (QED) is 0.830. The van der Waals surface area contributed by atoms with Crippen molar-refractivity contribution in [3.05, 3.63) is 42.1 Å². The Labute approximate surface area is 143 Å². The number of hydrogen-bond acceptors (Lipinski definition) is 4. The maximum atomic E-state index is 4.78. The summed E-state index contributed by atoms with van der Waals surface area (Å²) in [6.07, 6.45) is 15.7. The molecule has 0 aliphatic carbocycles. The lowest BCUT2D eigenvalue weighted by atomic mass is 9.81. The van der Waals surface area contributed by atoms with E-state index < -0.39 is 0 Å². The number of aromatic nitrogens is 2. The molecule has 1 aromatic heterocycles. The molecule has 128 valence electrons. The molecule has 0 radical (unpaired) electrons. The third kappa shape index (κ3) is 2.11. The lowest BCUT2D eigenvalue weighted by Gasteiger charge is -2.55. The van der Waals surface area contributed by atoms with Gasteiger partial charge in [-0.15, -0.1) is 0 Å². The van der Waals surface area contributed by atoms with Crippen LogP contribution in [0.1, 0.15) is 50.5 Å². The second-order valence-electron chi connectivity index (χ2n) is 7.70. The van der Waals surface area contributed by atoms with Crippen molar-refractivity contribution in [3.8, 4) is 0 Å². The average molecular weight is 325 g/mol. The van der Waals surface area contributed by atoms with Crippen molar-refractivity contribution < 1.29 is 0 Å². The number of fused-ring (bicyclic) bond motifs is 6. The van der Waals surface area contributed by atoms with Gasteiger partial charge < -0.3 is 15.2 Å². The molecule has 0 spiro atoms. The highest BCUT2D eigenvalue weighted by Crippen LogP contribution is 2.45. The molecule has 5 heterocycles. The molecule has 5 rings (SSSR count). The van der Waals surface area contributed by atoms with E-state index in [2.05, 4.69) is 51.6 Å². The highest BCUT2D eigenvalue weighted by atomic mass is 15.4. The Kier molecular flexibility index (Phi) is 3.52. The molecule has 2 fully saturated rings. The van der Waals surface area contributed by atoms with Gasteiger partial charge in [0.25, 0.3) is 0 Å². The zero-order valence-electron chi connectivity index (χ0n) is 14.4. The lowest BCUT2D eigenvalue weighted by Crippen LogP contribution is -2.64. The molecule has 5 nitrogen and oxygen atoms in total. The smallest absolute Gasteiger partial charge is 0.126 e. The minimum Gasteiger partial charge on any atom is -0.383 e. The number of piperidine rings is 2. The Balaban J connectivity index is 1.56. The van der Waals surface area contributed by atoms with Crippen LogP contribution in [0.2, 0.25) is 0 Å². The number of imidazole rings is 1. The summed E-state index contributed by atoms with van der Waals surface area (Å²) in [6.45, 7) is 4.48. The van der Waals surface area contributed by atoms with Gasteiger partial charge in [0.1, 0.15) is 5.82 Å². The summed E-state index contributed by atoms with van der Waals surface area (Å²) in [5.41, 5.74) is 1.46. The second-order valence-corrected chi connectivity index (χ2v) is 7.70. The topological polar surface area (TPSA) is 45.1 Å². The van der Waals surface area contributed by atoms with Gasteiger partial charge in [-0.2, -0.15) is 0 Å². The summed E-state index contributed by atoms with van der Waals surface area (Å²) in [7, 11) is 0. The molecule has 2 N–H and O–H groups in total. The minimum atomic E-state index is 0.432. The van der Waals surface area contributed by atoms with Crippen molar-refractivity contribution in [2.24, 2.45) is 0 Å². The van der Waals surface area contributed by atoms with Crippen LogP contribution in [0.15, 0.2) is 36.3 Å². The van der Waals surface area contributed by atoms with Crippen LogP contribution in [-0.4, -0.2) is 45.7 Å². The number of nitrogens with one attached hydrogen (secondary N) is 2. The summed E-state index contributed by atoms with van der Waals surface area (Å²) in [6, 6.07) is 2.62. The van der Waals surface area contributed by atoms with Crippen LogP contribution in [-0.2, 0) is 0 Å². The number of hydrogen-bond donors (Lipinski definition) is 2. The molecule has 0 saturated carbocycles. The first-order chi connectivity index (χ1) is 11.8. The van der Waals surface area contributed by atoms with E-state index in [4.69, 9.17) is 4.98 Å². The molecule has 2 saturated heterocycles. The zero-order valence-corrected chi connectivity index (χ0v) is 14.4. The fourth-order valence-electron chi connectivity index (χ4n) is 5.46. The fourth-order valence-corrected chi connectivity index (χ4v) is 5.46. The largest absolute Gasteiger partial charge is 0.383 e. The Morgan fingerprint density at radius 2 is 2.12 bits per heavy atom. The van der Waals surface area contributed by atoms with Gasteiger partial charge >= 0.3 is 0 Å². The van der Waals surface area contributed by atoms with Crippen LogP contribution >= 0.6 is 0 Å². The van der Waals surface area contributed by atoms with Crippen LogP contribution < -0.4 is 10.6 Å². The summed E-state index contributed by atoms with van der Waals surface area (Å²) >= 11 is 0. The molecule has 4 aliphatic rings. The van der Waals surface area contributed by atoms with E-state index >= 15 is 0 Å². The van der Waals surface area contributed by atoms with E-state index in [1.807, 2.05) is 6.20 Å². The summed E-state index contributed by atoms with van der Waals surface area (Å²) < 4.78 is 2.49. The molecule has 5 heteroatoms. The van der Waals surface area contributed by atoms with E-state index in [-0.39, 0.29) is 0 Å². The minimum absolute atomic E-state index is 0.432. The molecular formula is C19H27N5. The van der Waals surface area contributed by atoms with E-state index in [9.17, 15) is 0 Å². The SMILES string of the molecule is CC1=CC=CNC1[C@@H]1CCC[C@@H]2c3nccn3C3CCNCC3N21. The van der Waals surface area contributed by atoms with E-state index in [1.54, 1.807) is 0 Å². The van der Waals surface area contributed by atoms with Gasteiger partial charge in [-0.25, -0.2) is 4.98 Å². The van der Waals surface area contributed by atoms with Gasteiger partial charge in [-0.3, -0.25) is 4.90 Å². The summed E-state index contributed by atoms with van der Waals surface area (Å²) in [5, 5.41) is 7.30. The number of nitrogens with zero attached hydrogens (tertiary/aromatic N) is 3.